The quantitative estimate of drug-likeness (QED) is 0.501. The minimum atomic E-state index is -0.875. The van der Waals surface area contributed by atoms with Crippen molar-refractivity contribution in [2.24, 2.45) is 11.5 Å². The van der Waals surface area contributed by atoms with Crippen molar-refractivity contribution < 1.29 is 19.1 Å². The molecule has 1 fully saturated rings. The Morgan fingerprint density at radius 1 is 1.12 bits per heavy atom. The summed E-state index contributed by atoms with van der Waals surface area (Å²) in [6.07, 6.45) is -0.875. The number of nitrogens with one attached hydrogen (secondary N) is 1. The van der Waals surface area contributed by atoms with Crippen LogP contribution in [0.1, 0.15) is 16.1 Å². The number of hydrogen-bond donors (Lipinski definition) is 3. The second-order valence-corrected chi connectivity index (χ2v) is 8.24. The fourth-order valence-electron chi connectivity index (χ4n) is 3.35. The molecule has 1 saturated heterocycles. The van der Waals surface area contributed by atoms with Gasteiger partial charge in [0.25, 0.3) is 5.91 Å². The predicted molar refractivity (Wildman–Crippen MR) is 122 cm³/mol. The number of rotatable bonds is 7. The number of primary amides is 2. The number of pyridine rings is 1. The van der Waals surface area contributed by atoms with Gasteiger partial charge >= 0.3 is 6.09 Å². The molecule has 0 radical (unpaired) electrons. The Labute approximate surface area is 188 Å². The number of anilines is 2. The molecule has 3 aromatic rings. The first-order chi connectivity index (χ1) is 15.5. The molecule has 1 aliphatic heterocycles. The molecule has 9 nitrogen and oxygen atoms in total. The summed E-state index contributed by atoms with van der Waals surface area (Å²) in [5.41, 5.74) is 12.8. The van der Waals surface area contributed by atoms with E-state index in [1.54, 1.807) is 30.3 Å². The maximum absolute atomic E-state index is 12.0. The summed E-state index contributed by atoms with van der Waals surface area (Å²) in [4.78, 5) is 30.7. The van der Waals surface area contributed by atoms with Crippen molar-refractivity contribution in [3.05, 3.63) is 59.8 Å². The van der Waals surface area contributed by atoms with Gasteiger partial charge in [-0.25, -0.2) is 9.78 Å². The lowest BCUT2D eigenvalue weighted by atomic mass is 10.1. The van der Waals surface area contributed by atoms with E-state index in [2.05, 4.69) is 15.2 Å². The van der Waals surface area contributed by atoms with E-state index in [4.69, 9.17) is 20.9 Å². The molecule has 0 saturated carbocycles. The number of morpholine rings is 1. The van der Waals surface area contributed by atoms with Crippen LogP contribution in [-0.4, -0.2) is 48.2 Å². The van der Waals surface area contributed by atoms with Crippen LogP contribution < -0.4 is 21.5 Å². The van der Waals surface area contributed by atoms with Crippen LogP contribution in [-0.2, 0) is 11.3 Å². The monoisotopic (exact) mass is 453 g/mol. The van der Waals surface area contributed by atoms with Crippen molar-refractivity contribution in [2.45, 2.75) is 6.54 Å². The first-order valence-corrected chi connectivity index (χ1v) is 10.8. The van der Waals surface area contributed by atoms with Crippen LogP contribution in [0.2, 0.25) is 0 Å². The maximum atomic E-state index is 12.0. The van der Waals surface area contributed by atoms with Gasteiger partial charge in [0.15, 0.2) is 0 Å². The smallest absolute Gasteiger partial charge is 0.409 e. The molecule has 10 heteroatoms. The van der Waals surface area contributed by atoms with Gasteiger partial charge in [0.2, 0.25) is 0 Å². The number of benzene rings is 1. The zero-order chi connectivity index (χ0) is 22.5. The third-order valence-corrected chi connectivity index (χ3v) is 5.99. The minimum absolute atomic E-state index is 0.340. The molecule has 0 spiro atoms. The van der Waals surface area contributed by atoms with E-state index in [9.17, 15) is 9.59 Å². The Hall–Kier alpha value is -3.47. The zero-order valence-electron chi connectivity index (χ0n) is 17.2. The van der Waals surface area contributed by atoms with Crippen molar-refractivity contribution >= 4 is 34.2 Å². The van der Waals surface area contributed by atoms with Crippen LogP contribution in [0, 0.1) is 0 Å². The van der Waals surface area contributed by atoms with Crippen LogP contribution in [0.5, 0.6) is 5.75 Å². The molecule has 2 aromatic heterocycles. The van der Waals surface area contributed by atoms with E-state index in [0.717, 1.165) is 49.0 Å². The molecule has 2 amide bonds. The predicted octanol–water partition coefficient (Wildman–Crippen LogP) is 2.94. The number of hydrogen-bond acceptors (Lipinski definition) is 8. The summed E-state index contributed by atoms with van der Waals surface area (Å²) in [5.74, 6) is 0.442. The normalized spacial score (nSPS) is 14.1. The average Bonchev–Trinajstić information content (AvgIpc) is 3.19. The third kappa shape index (κ3) is 5.41. The lowest BCUT2D eigenvalue weighted by molar-refractivity contribution is 0.0337. The highest BCUT2D eigenvalue weighted by Gasteiger charge is 2.17. The summed E-state index contributed by atoms with van der Waals surface area (Å²) >= 11 is 1.39. The second kappa shape index (κ2) is 9.77. The number of nitrogens with zero attached hydrogens (tertiary/aromatic N) is 2. The third-order valence-electron chi connectivity index (χ3n) is 4.89. The van der Waals surface area contributed by atoms with Gasteiger partial charge in [-0.1, -0.05) is 6.07 Å². The van der Waals surface area contributed by atoms with Crippen LogP contribution in [0.15, 0.2) is 48.5 Å². The number of carbonyl (C=O) groups excluding carboxylic acids is 2. The molecule has 0 atom stereocenters. The number of amides is 2. The standard InChI is InChI=1S/C22H23N5O4S/c23-20(28)17-12-18(14-4-6-16(7-5-14)31-22(24)29)32-21(17)26-19-3-1-2-15(25-19)13-27-8-10-30-11-9-27/h1-7,12H,8-11,13H2,(H2,23,28)(H2,24,29)(H,25,26). The summed E-state index contributed by atoms with van der Waals surface area (Å²) in [6, 6.07) is 14.3. The second-order valence-electron chi connectivity index (χ2n) is 7.19. The molecular formula is C22H23N5O4S. The molecule has 166 valence electrons. The zero-order valence-corrected chi connectivity index (χ0v) is 18.1. The van der Waals surface area contributed by atoms with Crippen molar-refractivity contribution in [3.8, 4) is 16.2 Å². The van der Waals surface area contributed by atoms with Crippen LogP contribution in [0.25, 0.3) is 10.4 Å². The molecule has 0 aliphatic carbocycles. The summed E-state index contributed by atoms with van der Waals surface area (Å²) in [6.45, 7) is 3.95. The Kier molecular flexibility index (Phi) is 6.64. The Bertz CT molecular complexity index is 1110. The SMILES string of the molecule is NC(=O)Oc1ccc(-c2cc(C(N)=O)c(Nc3cccc(CN4CCOCC4)n3)s2)cc1. The van der Waals surface area contributed by atoms with Gasteiger partial charge in [-0.2, -0.15) is 0 Å². The molecule has 0 bridgehead atoms. The van der Waals surface area contributed by atoms with Gasteiger partial charge < -0.3 is 26.3 Å². The number of carbonyl (C=O) groups is 2. The highest BCUT2D eigenvalue weighted by Crippen LogP contribution is 2.37. The summed E-state index contributed by atoms with van der Waals surface area (Å²) in [5, 5.41) is 3.85. The van der Waals surface area contributed by atoms with Gasteiger partial charge in [-0.05, 0) is 48.0 Å². The molecule has 1 aliphatic rings. The van der Waals surface area contributed by atoms with E-state index in [1.165, 1.54) is 11.3 Å². The molecule has 5 N–H and O–H groups in total. The van der Waals surface area contributed by atoms with E-state index < -0.39 is 12.0 Å². The summed E-state index contributed by atoms with van der Waals surface area (Å²) in [7, 11) is 0. The number of ether oxygens (including phenoxy) is 2. The number of aromatic nitrogens is 1. The molecule has 3 heterocycles. The minimum Gasteiger partial charge on any atom is -0.411 e. The van der Waals surface area contributed by atoms with Crippen LogP contribution >= 0.6 is 11.3 Å². The topological polar surface area (TPSA) is 133 Å². The van der Waals surface area contributed by atoms with Crippen molar-refractivity contribution in [1.29, 1.82) is 0 Å². The highest BCUT2D eigenvalue weighted by atomic mass is 32.1. The van der Waals surface area contributed by atoms with Crippen LogP contribution in [0.4, 0.5) is 15.6 Å². The van der Waals surface area contributed by atoms with Crippen molar-refractivity contribution in [1.82, 2.24) is 9.88 Å². The molecule has 1 aromatic carbocycles. The molecule has 0 unspecified atom stereocenters. The van der Waals surface area contributed by atoms with Gasteiger partial charge in [0.05, 0.1) is 24.5 Å². The fraction of sp³-hybridized carbons (Fsp3) is 0.227. The molecular weight excluding hydrogens is 430 g/mol. The fourth-order valence-corrected chi connectivity index (χ4v) is 4.43. The Balaban J connectivity index is 1.53. The van der Waals surface area contributed by atoms with Gasteiger partial charge in [0, 0.05) is 24.5 Å². The Morgan fingerprint density at radius 2 is 1.88 bits per heavy atom. The lowest BCUT2D eigenvalue weighted by Crippen LogP contribution is -2.35. The van der Waals surface area contributed by atoms with Gasteiger partial charge in [-0.3, -0.25) is 9.69 Å². The Morgan fingerprint density at radius 3 is 2.56 bits per heavy atom. The number of nitrogens with two attached hydrogens (primary N) is 2. The van der Waals surface area contributed by atoms with Crippen LogP contribution in [0.3, 0.4) is 0 Å². The first kappa shape index (κ1) is 21.8. The molecule has 4 rings (SSSR count). The van der Waals surface area contributed by atoms with E-state index in [0.29, 0.717) is 22.1 Å². The van der Waals surface area contributed by atoms with E-state index in [1.807, 2.05) is 18.2 Å². The largest absolute Gasteiger partial charge is 0.411 e. The van der Waals surface area contributed by atoms with E-state index >= 15 is 0 Å². The maximum Gasteiger partial charge on any atom is 0.409 e. The lowest BCUT2D eigenvalue weighted by Gasteiger charge is -2.26. The van der Waals surface area contributed by atoms with E-state index in [-0.39, 0.29) is 0 Å². The average molecular weight is 454 g/mol. The van der Waals surface area contributed by atoms with Gasteiger partial charge in [-0.15, -0.1) is 11.3 Å². The first-order valence-electron chi connectivity index (χ1n) is 10.0. The molecule has 32 heavy (non-hydrogen) atoms. The van der Waals surface area contributed by atoms with Crippen molar-refractivity contribution in [3.63, 3.8) is 0 Å². The van der Waals surface area contributed by atoms with Gasteiger partial charge in [0.1, 0.15) is 16.6 Å². The summed E-state index contributed by atoms with van der Waals surface area (Å²) < 4.78 is 10.2. The highest BCUT2D eigenvalue weighted by molar-refractivity contribution is 7.19. The number of thiophene rings is 1. The van der Waals surface area contributed by atoms with Crippen molar-refractivity contribution in [2.75, 3.05) is 31.6 Å².